The van der Waals surface area contributed by atoms with E-state index in [1.807, 2.05) is 72.1 Å². The zero-order valence-corrected chi connectivity index (χ0v) is 30.2. The lowest BCUT2D eigenvalue weighted by Crippen LogP contribution is -2.30. The molecule has 11 heteroatoms. The van der Waals surface area contributed by atoms with Gasteiger partial charge in [-0.05, 0) is 71.8 Å². The first-order valence-corrected chi connectivity index (χ1v) is 18.2. The number of hydrogen-bond donors (Lipinski definition) is 3. The molecule has 0 saturated carbocycles. The smallest absolute Gasteiger partial charge is 0.272 e. The van der Waals surface area contributed by atoms with Gasteiger partial charge in [-0.3, -0.25) is 14.4 Å². The van der Waals surface area contributed by atoms with Gasteiger partial charge in [0.05, 0.1) is 5.69 Å². The predicted molar refractivity (Wildman–Crippen MR) is 207 cm³/mol. The van der Waals surface area contributed by atoms with Crippen molar-refractivity contribution in [3.05, 3.63) is 171 Å². The van der Waals surface area contributed by atoms with E-state index in [-0.39, 0.29) is 11.6 Å². The molecule has 1 heterocycles. The summed E-state index contributed by atoms with van der Waals surface area (Å²) in [7, 11) is 0. The Kier molecular flexibility index (Phi) is 11.6. The average Bonchev–Trinajstić information content (AvgIpc) is 3.60. The molecule has 6 aromatic rings. The van der Waals surface area contributed by atoms with Crippen molar-refractivity contribution in [3.8, 4) is 11.3 Å². The molecular weight excluding hydrogens is 752 g/mol. The first-order chi connectivity index (χ1) is 24.3. The molecule has 0 saturated heterocycles. The van der Waals surface area contributed by atoms with Crippen molar-refractivity contribution in [3.63, 3.8) is 0 Å². The molecule has 0 radical (unpaired) electrons. The Labute approximate surface area is 311 Å². The van der Waals surface area contributed by atoms with E-state index in [9.17, 15) is 14.4 Å². The molecular formula is C39H28BrClN4O3S2. The van der Waals surface area contributed by atoms with E-state index in [2.05, 4.69) is 36.9 Å². The molecule has 1 atom stereocenters. The molecule has 50 heavy (non-hydrogen) atoms. The highest BCUT2D eigenvalue weighted by atomic mass is 79.9. The van der Waals surface area contributed by atoms with Crippen molar-refractivity contribution >= 4 is 85.2 Å². The van der Waals surface area contributed by atoms with Crippen molar-refractivity contribution < 1.29 is 14.4 Å². The minimum absolute atomic E-state index is 0.0479. The Morgan fingerprint density at radius 1 is 0.800 bits per heavy atom. The summed E-state index contributed by atoms with van der Waals surface area (Å²) in [6.07, 6.45) is 1.58. The number of rotatable bonds is 11. The van der Waals surface area contributed by atoms with Crippen molar-refractivity contribution in [1.82, 2.24) is 10.3 Å². The molecule has 5 aromatic carbocycles. The van der Waals surface area contributed by atoms with Crippen LogP contribution in [0.3, 0.4) is 0 Å². The third-order valence-electron chi connectivity index (χ3n) is 7.27. The number of aromatic nitrogens is 1. The Hall–Kier alpha value is -5.00. The summed E-state index contributed by atoms with van der Waals surface area (Å²) in [5.74, 6) is -1.18. The van der Waals surface area contributed by atoms with Crippen LogP contribution in [0.15, 0.2) is 154 Å². The highest BCUT2D eigenvalue weighted by molar-refractivity contribution is 9.10. The highest BCUT2D eigenvalue weighted by Crippen LogP contribution is 2.38. The van der Waals surface area contributed by atoms with E-state index in [0.29, 0.717) is 27.0 Å². The van der Waals surface area contributed by atoms with Gasteiger partial charge in [-0.1, -0.05) is 106 Å². The van der Waals surface area contributed by atoms with Gasteiger partial charge in [0, 0.05) is 36.6 Å². The molecule has 0 aliphatic heterocycles. The number of carbonyl (C=O) groups excluding carboxylic acids is 3. The third kappa shape index (κ3) is 9.36. The Morgan fingerprint density at radius 2 is 1.50 bits per heavy atom. The van der Waals surface area contributed by atoms with E-state index in [0.717, 1.165) is 26.2 Å². The number of hydrogen-bond acceptors (Lipinski definition) is 6. The van der Waals surface area contributed by atoms with E-state index < -0.39 is 17.1 Å². The first-order valence-electron chi connectivity index (χ1n) is 15.3. The second-order valence-electron chi connectivity index (χ2n) is 10.9. The monoisotopic (exact) mass is 778 g/mol. The molecule has 1 unspecified atom stereocenters. The van der Waals surface area contributed by atoms with Crippen LogP contribution in [0.5, 0.6) is 0 Å². The summed E-state index contributed by atoms with van der Waals surface area (Å²) in [6, 6.07) is 40.1. The lowest BCUT2D eigenvalue weighted by Gasteiger charge is -2.17. The minimum Gasteiger partial charge on any atom is -0.321 e. The molecule has 1 aromatic heterocycles. The molecule has 3 N–H and O–H groups in total. The third-order valence-corrected chi connectivity index (χ3v) is 10.1. The van der Waals surface area contributed by atoms with E-state index in [1.165, 1.54) is 23.1 Å². The minimum atomic E-state index is -0.618. The molecule has 7 nitrogen and oxygen atoms in total. The number of thioether (sulfide) groups is 1. The Morgan fingerprint density at radius 3 is 2.22 bits per heavy atom. The lowest BCUT2D eigenvalue weighted by molar-refractivity contribution is -0.116. The van der Waals surface area contributed by atoms with E-state index in [4.69, 9.17) is 11.6 Å². The van der Waals surface area contributed by atoms with Gasteiger partial charge in [0.2, 0.25) is 5.91 Å². The van der Waals surface area contributed by atoms with Gasteiger partial charge in [0.25, 0.3) is 11.8 Å². The number of halogens is 2. The van der Waals surface area contributed by atoms with Gasteiger partial charge in [0.1, 0.15) is 10.9 Å². The molecule has 6 rings (SSSR count). The molecule has 0 aliphatic rings. The maximum atomic E-state index is 13.8. The molecule has 0 spiro atoms. The van der Waals surface area contributed by atoms with Crippen LogP contribution in [-0.2, 0) is 9.59 Å². The standard InChI is InChI=1S/C39H28BrClN4O3S2/c40-29-18-16-26(17-19-29)34-24-49-39(44-34)45-38(48)35(27-8-3-1-4-9-27)50-32-13-7-12-31(23-32)42-37(47)33(22-25-14-20-30(41)21-15-25)43-36(46)28-10-5-2-6-11-28/h1-24,35H,(H,42,47)(H,43,46)(H,44,45,48)/b33-22-. The SMILES string of the molecule is O=C(Nc1cccc(SC(C(=O)Nc2nc(-c3ccc(Br)cc3)cs2)c2ccccc2)c1)/C(=C/c1ccc(Cl)cc1)NC(=O)c1ccccc1. The quantitative estimate of drug-likeness (QED) is 0.0898. The van der Waals surface area contributed by atoms with Crippen LogP contribution in [0.25, 0.3) is 17.3 Å². The first kappa shape index (κ1) is 34.8. The highest BCUT2D eigenvalue weighted by Gasteiger charge is 2.24. The fourth-order valence-corrected chi connectivity index (χ4v) is 7.00. The Balaban J connectivity index is 1.20. The van der Waals surface area contributed by atoms with Crippen LogP contribution in [0, 0.1) is 0 Å². The Bertz CT molecular complexity index is 2140. The maximum absolute atomic E-state index is 13.8. The van der Waals surface area contributed by atoms with Crippen LogP contribution in [0.4, 0.5) is 10.8 Å². The number of carbonyl (C=O) groups is 3. The van der Waals surface area contributed by atoms with Gasteiger partial charge in [-0.15, -0.1) is 23.1 Å². The van der Waals surface area contributed by atoms with Gasteiger partial charge in [-0.2, -0.15) is 0 Å². The van der Waals surface area contributed by atoms with Crippen LogP contribution in [-0.4, -0.2) is 22.7 Å². The fourth-order valence-electron chi connectivity index (χ4n) is 4.81. The number of nitrogens with zero attached hydrogens (tertiary/aromatic N) is 1. The van der Waals surface area contributed by atoms with E-state index >= 15 is 0 Å². The summed E-state index contributed by atoms with van der Waals surface area (Å²) in [5, 5.41) is 11.0. The number of benzene rings is 5. The second-order valence-corrected chi connectivity index (χ2v) is 14.2. The van der Waals surface area contributed by atoms with Crippen LogP contribution in [0.2, 0.25) is 5.02 Å². The van der Waals surface area contributed by atoms with Gasteiger partial charge in [0.15, 0.2) is 5.13 Å². The molecule has 0 fully saturated rings. The number of anilines is 2. The lowest BCUT2D eigenvalue weighted by atomic mass is 10.1. The molecule has 3 amide bonds. The summed E-state index contributed by atoms with van der Waals surface area (Å²) >= 11 is 12.2. The van der Waals surface area contributed by atoms with Crippen molar-refractivity contribution in [2.45, 2.75) is 10.1 Å². The predicted octanol–water partition coefficient (Wildman–Crippen LogP) is 10.1. The van der Waals surface area contributed by atoms with E-state index in [1.54, 1.807) is 72.8 Å². The van der Waals surface area contributed by atoms with Crippen LogP contribution < -0.4 is 16.0 Å². The van der Waals surface area contributed by atoms with Gasteiger partial charge >= 0.3 is 0 Å². The van der Waals surface area contributed by atoms with Crippen molar-refractivity contribution in [2.24, 2.45) is 0 Å². The topological polar surface area (TPSA) is 100 Å². The summed E-state index contributed by atoms with van der Waals surface area (Å²) in [4.78, 5) is 45.9. The zero-order chi connectivity index (χ0) is 34.9. The van der Waals surface area contributed by atoms with Crippen molar-refractivity contribution in [2.75, 3.05) is 10.6 Å². The number of thiazole rings is 1. The number of amides is 3. The summed E-state index contributed by atoms with van der Waals surface area (Å²) in [5.41, 5.74) is 4.16. The normalized spacial score (nSPS) is 11.8. The zero-order valence-electron chi connectivity index (χ0n) is 26.2. The molecule has 0 bridgehead atoms. The number of nitrogens with one attached hydrogen (secondary N) is 3. The molecule has 0 aliphatic carbocycles. The summed E-state index contributed by atoms with van der Waals surface area (Å²) in [6.45, 7) is 0. The van der Waals surface area contributed by atoms with Crippen LogP contribution in [0.1, 0.15) is 26.7 Å². The largest absolute Gasteiger partial charge is 0.321 e. The summed E-state index contributed by atoms with van der Waals surface area (Å²) < 4.78 is 0.973. The maximum Gasteiger partial charge on any atom is 0.272 e. The van der Waals surface area contributed by atoms with Gasteiger partial charge < -0.3 is 16.0 Å². The molecule has 248 valence electrons. The van der Waals surface area contributed by atoms with Gasteiger partial charge in [-0.25, -0.2) is 4.98 Å². The second kappa shape index (κ2) is 16.6. The average molecular weight is 780 g/mol. The van der Waals surface area contributed by atoms with Crippen LogP contribution >= 0.6 is 50.6 Å². The van der Waals surface area contributed by atoms with Crippen molar-refractivity contribution in [1.29, 1.82) is 0 Å². The fraction of sp³-hybridized carbons (Fsp3) is 0.0256.